The highest BCUT2D eigenvalue weighted by atomic mass is 16.6. The zero-order valence-electron chi connectivity index (χ0n) is 17.4. The fraction of sp³-hybridized carbons (Fsp3) is 0.429. The van der Waals surface area contributed by atoms with E-state index >= 15 is 0 Å². The highest BCUT2D eigenvalue weighted by Crippen LogP contribution is 2.29. The van der Waals surface area contributed by atoms with Gasteiger partial charge in [-0.2, -0.15) is 0 Å². The Morgan fingerprint density at radius 1 is 1.23 bits per heavy atom. The smallest absolute Gasteiger partial charge is 0.322 e. The highest BCUT2D eigenvalue weighted by molar-refractivity contribution is 5.92. The number of nitro benzene ring substituents is 1. The quantitative estimate of drug-likeness (QED) is 0.530. The van der Waals surface area contributed by atoms with E-state index in [0.29, 0.717) is 12.2 Å². The van der Waals surface area contributed by atoms with Gasteiger partial charge in [0.25, 0.3) is 5.69 Å². The minimum absolute atomic E-state index is 0.0304. The van der Waals surface area contributed by atoms with Gasteiger partial charge in [0.05, 0.1) is 11.5 Å². The standard InChI is InChI=1S/C21H27N5O4/c1-15(2)24(21(28)22-16-6-8-18(9-7-16)26(29)30)14-20(27)25(17-10-11-17)13-19-5-4-12-23(19)3/h4-9,12,15,17H,10-11,13-14H2,1-3H3,(H,22,28). The van der Waals surface area contributed by atoms with E-state index in [1.54, 1.807) is 0 Å². The molecule has 1 heterocycles. The third-order valence-electron chi connectivity index (χ3n) is 5.21. The summed E-state index contributed by atoms with van der Waals surface area (Å²) in [6.45, 7) is 4.18. The normalized spacial score (nSPS) is 13.2. The van der Waals surface area contributed by atoms with Crippen molar-refractivity contribution in [3.8, 4) is 0 Å². The fourth-order valence-corrected chi connectivity index (χ4v) is 3.23. The second kappa shape index (κ2) is 8.98. The van der Waals surface area contributed by atoms with Gasteiger partial charge >= 0.3 is 6.03 Å². The van der Waals surface area contributed by atoms with Crippen LogP contribution in [0.15, 0.2) is 42.6 Å². The maximum absolute atomic E-state index is 13.1. The summed E-state index contributed by atoms with van der Waals surface area (Å²) in [6, 6.07) is 9.16. The summed E-state index contributed by atoms with van der Waals surface area (Å²) in [5.74, 6) is -0.0914. The number of aromatic nitrogens is 1. The Hall–Kier alpha value is -3.36. The van der Waals surface area contributed by atoms with Gasteiger partial charge in [0, 0.05) is 48.8 Å². The molecule has 1 aliphatic rings. The third kappa shape index (κ3) is 5.16. The molecule has 1 aromatic carbocycles. The molecule has 0 radical (unpaired) electrons. The van der Waals surface area contributed by atoms with Crippen LogP contribution in [0, 0.1) is 10.1 Å². The Kier molecular flexibility index (Phi) is 6.39. The number of carbonyl (C=O) groups is 2. The number of aryl methyl sites for hydroxylation is 1. The lowest BCUT2D eigenvalue weighted by atomic mass is 10.2. The number of anilines is 1. The molecule has 3 rings (SSSR count). The number of non-ortho nitro benzene ring substituents is 1. The van der Waals surface area contributed by atoms with Crippen LogP contribution in [0.5, 0.6) is 0 Å². The molecule has 1 saturated carbocycles. The molecule has 160 valence electrons. The van der Waals surface area contributed by atoms with Crippen molar-refractivity contribution >= 4 is 23.3 Å². The number of hydrogen-bond donors (Lipinski definition) is 1. The van der Waals surface area contributed by atoms with Gasteiger partial charge < -0.3 is 19.7 Å². The molecule has 9 heteroatoms. The summed E-state index contributed by atoms with van der Waals surface area (Å²) in [6.07, 6.45) is 3.91. The summed E-state index contributed by atoms with van der Waals surface area (Å²) in [4.78, 5) is 39.5. The zero-order valence-corrected chi connectivity index (χ0v) is 17.4. The first kappa shape index (κ1) is 21.4. The van der Waals surface area contributed by atoms with Gasteiger partial charge in [0.2, 0.25) is 5.91 Å². The maximum Gasteiger partial charge on any atom is 0.322 e. The first-order valence-corrected chi connectivity index (χ1v) is 9.98. The highest BCUT2D eigenvalue weighted by Gasteiger charge is 2.34. The Bertz CT molecular complexity index is 918. The van der Waals surface area contributed by atoms with Gasteiger partial charge in [-0.1, -0.05) is 0 Å². The summed E-state index contributed by atoms with van der Waals surface area (Å²) in [7, 11) is 1.95. The van der Waals surface area contributed by atoms with Gasteiger partial charge in [0.1, 0.15) is 6.54 Å². The number of hydrogen-bond acceptors (Lipinski definition) is 4. The van der Waals surface area contributed by atoms with Crippen LogP contribution in [-0.4, -0.2) is 49.9 Å². The number of nitro groups is 1. The average molecular weight is 413 g/mol. The van der Waals surface area contributed by atoms with Crippen LogP contribution in [0.3, 0.4) is 0 Å². The van der Waals surface area contributed by atoms with Gasteiger partial charge in [-0.3, -0.25) is 14.9 Å². The van der Waals surface area contributed by atoms with E-state index in [1.807, 2.05) is 48.7 Å². The second-order valence-corrected chi connectivity index (χ2v) is 7.82. The SMILES string of the molecule is CC(C)N(CC(=O)N(Cc1cccn1C)C1CC1)C(=O)Nc1ccc([N+](=O)[O-])cc1. The lowest BCUT2D eigenvalue weighted by Gasteiger charge is -2.30. The molecule has 1 N–H and O–H groups in total. The van der Waals surface area contributed by atoms with Crippen molar-refractivity contribution in [1.29, 1.82) is 0 Å². The summed E-state index contributed by atoms with van der Waals surface area (Å²) < 4.78 is 1.99. The Morgan fingerprint density at radius 3 is 2.40 bits per heavy atom. The summed E-state index contributed by atoms with van der Waals surface area (Å²) in [5.41, 5.74) is 1.43. The number of benzene rings is 1. The van der Waals surface area contributed by atoms with Crippen molar-refractivity contribution in [3.63, 3.8) is 0 Å². The molecule has 9 nitrogen and oxygen atoms in total. The van der Waals surface area contributed by atoms with Crippen molar-refractivity contribution in [2.75, 3.05) is 11.9 Å². The van der Waals surface area contributed by atoms with Gasteiger partial charge in [-0.05, 0) is 51.0 Å². The molecule has 0 atom stereocenters. The van der Waals surface area contributed by atoms with Crippen molar-refractivity contribution in [3.05, 3.63) is 58.4 Å². The molecule has 1 aromatic heterocycles. The van der Waals surface area contributed by atoms with Crippen LogP contribution < -0.4 is 5.32 Å². The molecule has 1 aliphatic carbocycles. The van der Waals surface area contributed by atoms with Crippen LogP contribution in [-0.2, 0) is 18.4 Å². The monoisotopic (exact) mass is 413 g/mol. The lowest BCUT2D eigenvalue weighted by Crippen LogP contribution is -2.48. The number of amides is 3. The predicted molar refractivity (Wildman–Crippen MR) is 113 cm³/mol. The minimum Gasteiger partial charge on any atom is -0.353 e. The van der Waals surface area contributed by atoms with Crippen LogP contribution in [0.1, 0.15) is 32.4 Å². The predicted octanol–water partition coefficient (Wildman–Crippen LogP) is 3.37. The Morgan fingerprint density at radius 2 is 1.90 bits per heavy atom. The molecule has 0 saturated heterocycles. The van der Waals surface area contributed by atoms with E-state index in [-0.39, 0.29) is 30.2 Å². The first-order valence-electron chi connectivity index (χ1n) is 9.98. The molecule has 1 fully saturated rings. The van der Waals surface area contributed by atoms with Crippen molar-refractivity contribution < 1.29 is 14.5 Å². The molecular weight excluding hydrogens is 386 g/mol. The molecule has 2 aromatic rings. The summed E-state index contributed by atoms with van der Waals surface area (Å²) >= 11 is 0. The molecule has 0 unspecified atom stereocenters. The maximum atomic E-state index is 13.1. The molecule has 3 amide bonds. The zero-order chi connectivity index (χ0) is 21.8. The molecule has 0 aliphatic heterocycles. The first-order chi connectivity index (χ1) is 14.3. The third-order valence-corrected chi connectivity index (χ3v) is 5.21. The van der Waals surface area contributed by atoms with E-state index in [2.05, 4.69) is 5.32 Å². The molecule has 0 spiro atoms. The molecule has 30 heavy (non-hydrogen) atoms. The Labute approximate surface area is 175 Å². The molecular formula is C21H27N5O4. The summed E-state index contributed by atoms with van der Waals surface area (Å²) in [5, 5.41) is 13.5. The minimum atomic E-state index is -0.496. The van der Waals surface area contributed by atoms with Crippen LogP contribution in [0.2, 0.25) is 0 Å². The van der Waals surface area contributed by atoms with E-state index < -0.39 is 11.0 Å². The van der Waals surface area contributed by atoms with E-state index in [4.69, 9.17) is 0 Å². The van der Waals surface area contributed by atoms with Crippen LogP contribution in [0.25, 0.3) is 0 Å². The van der Waals surface area contributed by atoms with Gasteiger partial charge in [0.15, 0.2) is 0 Å². The van der Waals surface area contributed by atoms with Crippen LogP contribution >= 0.6 is 0 Å². The number of carbonyl (C=O) groups excluding carboxylic acids is 2. The largest absolute Gasteiger partial charge is 0.353 e. The van der Waals surface area contributed by atoms with Crippen molar-refractivity contribution in [2.45, 2.75) is 45.3 Å². The van der Waals surface area contributed by atoms with Crippen molar-refractivity contribution in [1.82, 2.24) is 14.4 Å². The fourth-order valence-electron chi connectivity index (χ4n) is 3.23. The number of urea groups is 1. The number of nitrogens with one attached hydrogen (secondary N) is 1. The van der Waals surface area contributed by atoms with Crippen LogP contribution in [0.4, 0.5) is 16.2 Å². The van der Waals surface area contributed by atoms with E-state index in [9.17, 15) is 19.7 Å². The second-order valence-electron chi connectivity index (χ2n) is 7.82. The van der Waals surface area contributed by atoms with Crippen molar-refractivity contribution in [2.24, 2.45) is 7.05 Å². The lowest BCUT2D eigenvalue weighted by molar-refractivity contribution is -0.384. The average Bonchev–Trinajstić information content (AvgIpc) is 3.46. The number of rotatable bonds is 8. The van der Waals surface area contributed by atoms with E-state index in [1.165, 1.54) is 29.2 Å². The topological polar surface area (TPSA) is 101 Å². The van der Waals surface area contributed by atoms with Gasteiger partial charge in [-0.25, -0.2) is 4.79 Å². The van der Waals surface area contributed by atoms with E-state index in [0.717, 1.165) is 18.5 Å². The Balaban J connectivity index is 1.67. The number of nitrogens with zero attached hydrogens (tertiary/aromatic N) is 4. The van der Waals surface area contributed by atoms with Gasteiger partial charge in [-0.15, -0.1) is 0 Å². The molecule has 0 bridgehead atoms.